The number of anilines is 2. The van der Waals surface area contributed by atoms with Crippen LogP contribution in [-0.4, -0.2) is 45.7 Å². The van der Waals surface area contributed by atoms with E-state index in [1.54, 1.807) is 18.5 Å². The van der Waals surface area contributed by atoms with Crippen LogP contribution in [0.3, 0.4) is 0 Å². The van der Waals surface area contributed by atoms with Crippen LogP contribution in [0.25, 0.3) is 11.2 Å². The van der Waals surface area contributed by atoms with Crippen molar-refractivity contribution in [2.24, 2.45) is 5.92 Å². The van der Waals surface area contributed by atoms with Crippen LogP contribution in [0.15, 0.2) is 30.9 Å². The molecule has 1 amide bonds. The lowest BCUT2D eigenvalue weighted by Crippen LogP contribution is -2.41. The Bertz CT molecular complexity index is 1000. The minimum absolute atomic E-state index is 0.00604. The highest BCUT2D eigenvalue weighted by Crippen LogP contribution is 2.34. The van der Waals surface area contributed by atoms with E-state index in [1.807, 2.05) is 6.07 Å². The molecule has 5 rings (SSSR count). The highest BCUT2D eigenvalue weighted by molar-refractivity contribution is 5.93. The molecular weight excluding hydrogens is 348 g/mol. The summed E-state index contributed by atoms with van der Waals surface area (Å²) >= 11 is 0. The number of rotatable bonds is 3. The number of nitrogens with zero attached hydrogens (tertiary/aromatic N) is 4. The van der Waals surface area contributed by atoms with Crippen LogP contribution in [0.2, 0.25) is 0 Å². The van der Waals surface area contributed by atoms with Gasteiger partial charge in [-0.15, -0.1) is 0 Å². The Labute approximate surface area is 154 Å². The molecule has 4 heterocycles. The molecule has 2 aliphatic rings. The van der Waals surface area contributed by atoms with Gasteiger partial charge in [0.2, 0.25) is 12.7 Å². The lowest BCUT2D eigenvalue weighted by Gasteiger charge is -2.32. The fourth-order valence-electron chi connectivity index (χ4n) is 3.59. The molecular formula is C18H18N6O3. The van der Waals surface area contributed by atoms with E-state index in [1.165, 1.54) is 6.33 Å². The molecule has 0 spiro atoms. The molecule has 0 bridgehead atoms. The second-order valence-electron chi connectivity index (χ2n) is 6.64. The van der Waals surface area contributed by atoms with E-state index in [-0.39, 0.29) is 18.6 Å². The number of piperidine rings is 1. The quantitative estimate of drug-likeness (QED) is 0.730. The van der Waals surface area contributed by atoms with Crippen LogP contribution >= 0.6 is 0 Å². The van der Waals surface area contributed by atoms with E-state index in [2.05, 4.69) is 30.2 Å². The highest BCUT2D eigenvalue weighted by Gasteiger charge is 2.28. The van der Waals surface area contributed by atoms with Crippen LogP contribution in [0, 0.1) is 5.92 Å². The third-order valence-corrected chi connectivity index (χ3v) is 4.93. The second kappa shape index (κ2) is 6.42. The molecule has 2 aliphatic heterocycles. The number of amides is 1. The minimum Gasteiger partial charge on any atom is -0.454 e. The van der Waals surface area contributed by atoms with Gasteiger partial charge in [-0.25, -0.2) is 15.0 Å². The monoisotopic (exact) mass is 366 g/mol. The maximum absolute atomic E-state index is 12.8. The van der Waals surface area contributed by atoms with Crippen LogP contribution in [0.4, 0.5) is 11.5 Å². The summed E-state index contributed by atoms with van der Waals surface area (Å²) < 4.78 is 10.7. The van der Waals surface area contributed by atoms with Gasteiger partial charge in [-0.3, -0.25) is 4.79 Å². The molecule has 1 atom stereocenters. The Morgan fingerprint density at radius 2 is 2.15 bits per heavy atom. The van der Waals surface area contributed by atoms with E-state index in [9.17, 15) is 4.79 Å². The molecule has 0 saturated carbocycles. The first-order valence-corrected chi connectivity index (χ1v) is 8.87. The van der Waals surface area contributed by atoms with Crippen LogP contribution in [0.5, 0.6) is 11.5 Å². The van der Waals surface area contributed by atoms with Gasteiger partial charge >= 0.3 is 0 Å². The van der Waals surface area contributed by atoms with Crippen molar-refractivity contribution >= 4 is 28.6 Å². The number of benzene rings is 1. The summed E-state index contributed by atoms with van der Waals surface area (Å²) in [5.41, 5.74) is 2.14. The molecule has 9 nitrogen and oxygen atoms in total. The Hall–Kier alpha value is -3.36. The number of carbonyl (C=O) groups is 1. The Morgan fingerprint density at radius 1 is 1.22 bits per heavy atom. The molecule has 0 radical (unpaired) electrons. The number of aromatic nitrogens is 4. The Morgan fingerprint density at radius 3 is 3.11 bits per heavy atom. The fraction of sp³-hybridized carbons (Fsp3) is 0.333. The van der Waals surface area contributed by atoms with E-state index in [0.29, 0.717) is 29.4 Å². The number of fused-ring (bicyclic) bond motifs is 2. The minimum atomic E-state index is -0.128. The van der Waals surface area contributed by atoms with Gasteiger partial charge in [-0.2, -0.15) is 0 Å². The molecule has 1 saturated heterocycles. The molecule has 138 valence electrons. The summed E-state index contributed by atoms with van der Waals surface area (Å²) in [6.07, 6.45) is 4.87. The molecule has 2 N–H and O–H groups in total. The standard InChI is InChI=1S/C18H18N6O3/c25-18(23-12-3-4-13-14(6-12)27-10-26-13)11-2-1-5-24(7-11)17-15-16(20-8-19-15)21-9-22-17/h3-4,6,8-9,11H,1-2,5,7,10H2,(H,23,25)(H,19,20,21,22)/t11-/m1/s1. The van der Waals surface area contributed by atoms with Crippen LogP contribution < -0.4 is 19.7 Å². The number of aromatic amines is 1. The van der Waals surface area contributed by atoms with E-state index in [4.69, 9.17) is 9.47 Å². The molecule has 0 aliphatic carbocycles. The van der Waals surface area contributed by atoms with Gasteiger partial charge in [0.15, 0.2) is 23.0 Å². The third kappa shape index (κ3) is 2.90. The summed E-state index contributed by atoms with van der Waals surface area (Å²) in [4.78, 5) is 30.7. The smallest absolute Gasteiger partial charge is 0.231 e. The van der Waals surface area contributed by atoms with Crippen LogP contribution in [0.1, 0.15) is 12.8 Å². The Kier molecular flexibility index (Phi) is 3.77. The predicted octanol–water partition coefficient (Wildman–Crippen LogP) is 1.94. The van der Waals surface area contributed by atoms with Crippen molar-refractivity contribution in [3.63, 3.8) is 0 Å². The number of hydrogen-bond donors (Lipinski definition) is 2. The van der Waals surface area contributed by atoms with Crippen molar-refractivity contribution in [2.45, 2.75) is 12.8 Å². The summed E-state index contributed by atoms with van der Waals surface area (Å²) in [7, 11) is 0. The summed E-state index contributed by atoms with van der Waals surface area (Å²) in [5, 5.41) is 2.99. The molecule has 27 heavy (non-hydrogen) atoms. The molecule has 3 aromatic rings. The average molecular weight is 366 g/mol. The fourth-order valence-corrected chi connectivity index (χ4v) is 3.59. The SMILES string of the molecule is O=C(Nc1ccc2c(c1)OCO2)[C@@H]1CCCN(c2ncnc3nc[nH]c23)C1. The molecule has 9 heteroatoms. The van der Waals surface area contributed by atoms with Crippen molar-refractivity contribution in [3.8, 4) is 11.5 Å². The first-order chi connectivity index (χ1) is 13.3. The van der Waals surface area contributed by atoms with Gasteiger partial charge < -0.3 is 24.7 Å². The average Bonchev–Trinajstić information content (AvgIpc) is 3.36. The van der Waals surface area contributed by atoms with Gasteiger partial charge in [-0.1, -0.05) is 0 Å². The molecule has 2 aromatic heterocycles. The number of hydrogen-bond acceptors (Lipinski definition) is 7. The van der Waals surface area contributed by atoms with E-state index >= 15 is 0 Å². The lowest BCUT2D eigenvalue weighted by atomic mass is 9.97. The largest absolute Gasteiger partial charge is 0.454 e. The van der Waals surface area contributed by atoms with Gasteiger partial charge in [-0.05, 0) is 25.0 Å². The zero-order valence-corrected chi connectivity index (χ0v) is 14.5. The van der Waals surface area contributed by atoms with Crippen molar-refractivity contribution in [1.29, 1.82) is 0 Å². The first kappa shape index (κ1) is 15.9. The maximum Gasteiger partial charge on any atom is 0.231 e. The van der Waals surface area contributed by atoms with E-state index < -0.39 is 0 Å². The van der Waals surface area contributed by atoms with Crippen molar-refractivity contribution in [2.75, 3.05) is 30.1 Å². The van der Waals surface area contributed by atoms with Gasteiger partial charge in [0, 0.05) is 24.8 Å². The predicted molar refractivity (Wildman–Crippen MR) is 97.8 cm³/mol. The van der Waals surface area contributed by atoms with Crippen molar-refractivity contribution in [3.05, 3.63) is 30.9 Å². The molecule has 1 fully saturated rings. The normalized spacial score (nSPS) is 18.7. The van der Waals surface area contributed by atoms with Crippen molar-refractivity contribution in [1.82, 2.24) is 19.9 Å². The van der Waals surface area contributed by atoms with Crippen LogP contribution in [-0.2, 0) is 4.79 Å². The lowest BCUT2D eigenvalue weighted by molar-refractivity contribution is -0.120. The van der Waals surface area contributed by atoms with Gasteiger partial charge in [0.05, 0.1) is 12.2 Å². The zero-order valence-electron chi connectivity index (χ0n) is 14.5. The molecule has 0 unspecified atom stereocenters. The van der Waals surface area contributed by atoms with Gasteiger partial charge in [0.25, 0.3) is 0 Å². The second-order valence-corrected chi connectivity index (χ2v) is 6.64. The topological polar surface area (TPSA) is 105 Å². The maximum atomic E-state index is 12.8. The first-order valence-electron chi connectivity index (χ1n) is 8.87. The van der Waals surface area contributed by atoms with Gasteiger partial charge in [0.1, 0.15) is 11.8 Å². The highest BCUT2D eigenvalue weighted by atomic mass is 16.7. The number of carbonyl (C=O) groups excluding carboxylic acids is 1. The van der Waals surface area contributed by atoms with Crippen molar-refractivity contribution < 1.29 is 14.3 Å². The summed E-state index contributed by atoms with van der Waals surface area (Å²) in [6.45, 7) is 1.66. The van der Waals surface area contributed by atoms with E-state index in [0.717, 1.165) is 30.7 Å². The number of nitrogens with one attached hydrogen (secondary N) is 2. The number of H-pyrrole nitrogens is 1. The molecule has 1 aromatic carbocycles. The zero-order chi connectivity index (χ0) is 18.2. The third-order valence-electron chi connectivity index (χ3n) is 4.93. The summed E-state index contributed by atoms with van der Waals surface area (Å²) in [5.74, 6) is 2.01. The summed E-state index contributed by atoms with van der Waals surface area (Å²) in [6, 6.07) is 5.42. The Balaban J connectivity index is 1.32. The number of imidazole rings is 1. The number of ether oxygens (including phenoxy) is 2.